The molecule has 9 heteroatoms. The van der Waals surface area contributed by atoms with Gasteiger partial charge in [-0.3, -0.25) is 0 Å². The van der Waals surface area contributed by atoms with E-state index < -0.39 is 15.6 Å². The van der Waals surface area contributed by atoms with Crippen LogP contribution in [-0.2, 0) is 9.84 Å². The Balaban J connectivity index is 2.56. The Hall–Kier alpha value is -1.11. The van der Waals surface area contributed by atoms with E-state index >= 15 is 0 Å². The van der Waals surface area contributed by atoms with Gasteiger partial charge in [-0.15, -0.1) is 0 Å². The van der Waals surface area contributed by atoms with Crippen LogP contribution in [0, 0.1) is 0 Å². The second-order valence-corrected chi connectivity index (χ2v) is 8.13. The maximum atomic E-state index is 12.7. The molecule has 0 saturated carbocycles. The summed E-state index contributed by atoms with van der Waals surface area (Å²) in [4.78, 5) is -0.372. The van der Waals surface area contributed by atoms with E-state index in [1.54, 1.807) is 0 Å². The third kappa shape index (κ3) is 3.76. The molecule has 1 N–H and O–H groups in total. The first-order valence-corrected chi connectivity index (χ1v) is 9.33. The quantitative estimate of drug-likeness (QED) is 0.648. The fourth-order valence-electron chi connectivity index (χ4n) is 1.81. The van der Waals surface area contributed by atoms with Crippen molar-refractivity contribution in [2.45, 2.75) is 9.79 Å². The molecule has 0 radical (unpaired) electrons. The number of aromatic hydroxyl groups is 1. The molecule has 0 aliphatic rings. The van der Waals surface area contributed by atoms with Crippen LogP contribution < -0.4 is 4.74 Å². The molecule has 0 atom stereocenters. The summed E-state index contributed by atoms with van der Waals surface area (Å²) >= 11 is 23.7. The van der Waals surface area contributed by atoms with Crippen LogP contribution in [0.15, 0.2) is 46.7 Å². The smallest absolute Gasteiger partial charge is 0.206 e. The van der Waals surface area contributed by atoms with Gasteiger partial charge in [0.05, 0.1) is 29.9 Å². The number of phenols is 1. The maximum absolute atomic E-state index is 12.7. The first-order chi connectivity index (χ1) is 11.2. The molecule has 0 saturated heterocycles. The van der Waals surface area contributed by atoms with Gasteiger partial charge < -0.3 is 9.84 Å². The summed E-state index contributed by atoms with van der Waals surface area (Å²) in [5.41, 5.74) is 0. The molecule has 0 aliphatic carbocycles. The van der Waals surface area contributed by atoms with E-state index in [1.165, 1.54) is 18.2 Å². The lowest BCUT2D eigenvalue weighted by atomic mass is 10.3. The zero-order valence-corrected chi connectivity index (χ0v) is 15.7. The molecule has 2 aromatic rings. The number of hydrogen-bond donors (Lipinski definition) is 1. The van der Waals surface area contributed by atoms with Crippen LogP contribution in [0.25, 0.3) is 0 Å². The highest BCUT2D eigenvalue weighted by atomic mass is 35.5. The summed E-state index contributed by atoms with van der Waals surface area (Å²) in [5, 5.41) is 9.22. The maximum Gasteiger partial charge on any atom is 0.206 e. The molecule has 0 heterocycles. The van der Waals surface area contributed by atoms with Crippen molar-refractivity contribution in [3.63, 3.8) is 0 Å². The van der Waals surface area contributed by atoms with Crippen molar-refractivity contribution < 1.29 is 18.3 Å². The molecule has 0 bridgehead atoms. The van der Waals surface area contributed by atoms with Crippen molar-refractivity contribution in [2.24, 2.45) is 0 Å². The van der Waals surface area contributed by atoms with Crippen molar-refractivity contribution in [3.8, 4) is 11.5 Å². The van der Waals surface area contributed by atoms with Crippen LogP contribution in [0.2, 0.25) is 20.1 Å². The average Bonchev–Trinajstić information content (AvgIpc) is 2.51. The first-order valence-electron chi connectivity index (χ1n) is 6.34. The van der Waals surface area contributed by atoms with E-state index in [2.05, 4.69) is 6.58 Å². The lowest BCUT2D eigenvalue weighted by Crippen LogP contribution is -2.04. The van der Waals surface area contributed by atoms with Crippen LogP contribution >= 0.6 is 46.4 Å². The lowest BCUT2D eigenvalue weighted by Gasteiger charge is -2.12. The molecule has 0 aromatic heterocycles. The molecule has 0 spiro atoms. The molecule has 128 valence electrons. The number of ether oxygens (including phenoxy) is 1. The van der Waals surface area contributed by atoms with Crippen LogP contribution in [0.5, 0.6) is 11.5 Å². The summed E-state index contributed by atoms with van der Waals surface area (Å²) in [6.07, 6.45) is 1.50. The fraction of sp³-hybridized carbons (Fsp3) is 0.0667. The van der Waals surface area contributed by atoms with E-state index in [1.807, 2.05) is 0 Å². The van der Waals surface area contributed by atoms with Gasteiger partial charge in [-0.05, 0) is 24.3 Å². The predicted octanol–water partition coefficient (Wildman–Crippen LogP) is 5.40. The Kier molecular flexibility index (Phi) is 5.94. The van der Waals surface area contributed by atoms with Crippen molar-refractivity contribution in [1.82, 2.24) is 0 Å². The van der Waals surface area contributed by atoms with E-state index in [0.29, 0.717) is 0 Å². The number of hydrogen-bond acceptors (Lipinski definition) is 4. The van der Waals surface area contributed by atoms with Gasteiger partial charge in [-0.2, -0.15) is 0 Å². The van der Waals surface area contributed by atoms with Gasteiger partial charge in [0.2, 0.25) is 9.84 Å². The third-order valence-corrected chi connectivity index (χ3v) is 5.78. The van der Waals surface area contributed by atoms with Crippen LogP contribution in [0.4, 0.5) is 0 Å². The molecule has 0 fully saturated rings. The number of sulfone groups is 1. The highest BCUT2D eigenvalue weighted by Gasteiger charge is 2.23. The average molecular weight is 428 g/mol. The summed E-state index contributed by atoms with van der Waals surface area (Å²) in [7, 11) is -4.01. The molecule has 24 heavy (non-hydrogen) atoms. The van der Waals surface area contributed by atoms with Gasteiger partial charge in [0.1, 0.15) is 6.61 Å². The van der Waals surface area contributed by atoms with Crippen molar-refractivity contribution in [2.75, 3.05) is 6.61 Å². The van der Waals surface area contributed by atoms with Gasteiger partial charge in [0.25, 0.3) is 0 Å². The highest BCUT2D eigenvalue weighted by Crippen LogP contribution is 2.39. The van der Waals surface area contributed by atoms with Gasteiger partial charge in [0, 0.05) is 0 Å². The molecule has 4 nitrogen and oxygen atoms in total. The van der Waals surface area contributed by atoms with Gasteiger partial charge in [-0.1, -0.05) is 59.1 Å². The number of benzene rings is 2. The monoisotopic (exact) mass is 426 g/mol. The Labute approximate surface area is 159 Å². The molecular weight excluding hydrogens is 418 g/mol. The Morgan fingerprint density at radius 2 is 1.38 bits per heavy atom. The minimum Gasteiger partial charge on any atom is -0.505 e. The van der Waals surface area contributed by atoms with Crippen LogP contribution in [0.1, 0.15) is 0 Å². The molecule has 0 aliphatic heterocycles. The van der Waals surface area contributed by atoms with Gasteiger partial charge >= 0.3 is 0 Å². The summed E-state index contributed by atoms with van der Waals surface area (Å²) in [5.74, 6) is -0.250. The third-order valence-electron chi connectivity index (χ3n) is 2.93. The summed E-state index contributed by atoms with van der Waals surface area (Å²) in [6.45, 7) is 3.66. The first kappa shape index (κ1) is 19.2. The largest absolute Gasteiger partial charge is 0.505 e. The van der Waals surface area contributed by atoms with Crippen molar-refractivity contribution >= 4 is 56.2 Å². The number of rotatable bonds is 5. The van der Waals surface area contributed by atoms with E-state index in [0.717, 1.165) is 12.1 Å². The van der Waals surface area contributed by atoms with E-state index in [9.17, 15) is 13.5 Å². The summed E-state index contributed by atoms with van der Waals surface area (Å²) < 4.78 is 30.7. The minimum atomic E-state index is -4.01. The topological polar surface area (TPSA) is 63.6 Å². The molecule has 2 rings (SSSR count). The van der Waals surface area contributed by atoms with Gasteiger partial charge in [0.15, 0.2) is 11.5 Å². The SMILES string of the molecule is C=CCOc1c(Cl)cc(S(=O)(=O)c2cc(Cl)c(O)c(Cl)c2)cc1Cl. The van der Waals surface area contributed by atoms with Crippen molar-refractivity contribution in [3.05, 3.63) is 57.0 Å². The minimum absolute atomic E-state index is 0.0268. The van der Waals surface area contributed by atoms with Crippen LogP contribution in [0.3, 0.4) is 0 Å². The zero-order valence-electron chi connectivity index (χ0n) is 11.9. The van der Waals surface area contributed by atoms with Gasteiger partial charge in [-0.25, -0.2) is 8.42 Å². The predicted molar refractivity (Wildman–Crippen MR) is 95.7 cm³/mol. The molecule has 0 unspecified atom stereocenters. The summed E-state index contributed by atoms with van der Waals surface area (Å²) in [6, 6.07) is 4.58. The number of phenolic OH excluding ortho intramolecular Hbond substituents is 1. The van der Waals surface area contributed by atoms with Crippen molar-refractivity contribution in [1.29, 1.82) is 0 Å². The van der Waals surface area contributed by atoms with E-state index in [-0.39, 0.29) is 42.2 Å². The normalized spacial score (nSPS) is 11.3. The standard InChI is InChI=1S/C15H10Cl4O4S/c1-2-3-23-15-12(18)6-9(7-13(15)19)24(21,22)8-4-10(16)14(20)11(17)5-8/h2,4-7,20H,1,3H2. The molecule has 0 amide bonds. The lowest BCUT2D eigenvalue weighted by molar-refractivity contribution is 0.363. The Bertz CT molecular complexity index is 864. The van der Waals surface area contributed by atoms with Crippen LogP contribution in [-0.4, -0.2) is 20.1 Å². The number of halogens is 4. The molecular formula is C15H10Cl4O4S. The Morgan fingerprint density at radius 1 is 0.958 bits per heavy atom. The second-order valence-electron chi connectivity index (χ2n) is 4.55. The zero-order chi connectivity index (χ0) is 18.1. The Morgan fingerprint density at radius 3 is 1.79 bits per heavy atom. The second kappa shape index (κ2) is 7.42. The highest BCUT2D eigenvalue weighted by molar-refractivity contribution is 7.91. The van der Waals surface area contributed by atoms with E-state index in [4.69, 9.17) is 51.1 Å². The fourth-order valence-corrected chi connectivity index (χ4v) is 4.51. The molecule has 2 aromatic carbocycles.